The fourth-order valence-corrected chi connectivity index (χ4v) is 0. The summed E-state index contributed by atoms with van der Waals surface area (Å²) in [5.41, 5.74) is 0. The first-order valence-corrected chi connectivity index (χ1v) is 7.08. The predicted octanol–water partition coefficient (Wildman–Crippen LogP) is 0.469. The van der Waals surface area contributed by atoms with Gasteiger partial charge in [-0.3, -0.25) is 4.55 Å². The Hall–Kier alpha value is 0.150. The highest BCUT2D eigenvalue weighted by molar-refractivity contribution is 8.13. The van der Waals surface area contributed by atoms with Crippen molar-refractivity contribution in [1.29, 1.82) is 0 Å². The molecule has 0 fully saturated rings. The van der Waals surface area contributed by atoms with Crippen LogP contribution < -0.4 is 0 Å². The SMILES string of the molecule is CCS(=O)(=O)Cl.CCS(=O)(=O)O. The van der Waals surface area contributed by atoms with Gasteiger partial charge in [-0.2, -0.15) is 8.42 Å². The van der Waals surface area contributed by atoms with Crippen LogP contribution in [0.15, 0.2) is 0 Å². The van der Waals surface area contributed by atoms with Gasteiger partial charge in [0.05, 0.1) is 11.5 Å². The molecule has 0 aliphatic rings. The first-order chi connectivity index (χ1) is 5.12. The summed E-state index contributed by atoms with van der Waals surface area (Å²) in [6.07, 6.45) is 0. The molecule has 12 heavy (non-hydrogen) atoms. The summed E-state index contributed by atoms with van der Waals surface area (Å²) in [5, 5.41) is 0. The molecule has 0 heterocycles. The quantitative estimate of drug-likeness (QED) is 0.558. The van der Waals surface area contributed by atoms with E-state index in [2.05, 4.69) is 10.7 Å². The summed E-state index contributed by atoms with van der Waals surface area (Å²) in [7, 11) is -2.16. The maximum atomic E-state index is 9.77. The maximum absolute atomic E-state index is 9.77. The zero-order valence-electron chi connectivity index (χ0n) is 6.69. The highest BCUT2D eigenvalue weighted by Crippen LogP contribution is 1.91. The molecule has 8 heteroatoms. The van der Waals surface area contributed by atoms with E-state index in [4.69, 9.17) is 4.55 Å². The minimum absolute atomic E-state index is 0.00849. The van der Waals surface area contributed by atoms with Gasteiger partial charge in [0, 0.05) is 10.7 Å². The fourth-order valence-electron chi connectivity index (χ4n) is 0. The van der Waals surface area contributed by atoms with E-state index in [1.165, 1.54) is 13.8 Å². The molecular formula is C4H11ClO5S2. The lowest BCUT2D eigenvalue weighted by atomic mass is 11.0. The Kier molecular flexibility index (Phi) is 7.01. The Morgan fingerprint density at radius 3 is 1.25 bits per heavy atom. The van der Waals surface area contributed by atoms with Crippen LogP contribution in [-0.2, 0) is 19.2 Å². The molecule has 0 aliphatic heterocycles. The largest absolute Gasteiger partial charge is 0.286 e. The van der Waals surface area contributed by atoms with E-state index in [1.54, 1.807) is 0 Å². The van der Waals surface area contributed by atoms with E-state index >= 15 is 0 Å². The lowest BCUT2D eigenvalue weighted by molar-refractivity contribution is 0.484. The standard InChI is InChI=1S/C2H5ClO2S.C2H6O3S/c2*1-2-6(3,4)5/h2H2,1H3;2H2,1H3,(H,3,4,5). The molecule has 0 radical (unpaired) electrons. The van der Waals surface area contributed by atoms with Crippen molar-refractivity contribution in [3.63, 3.8) is 0 Å². The van der Waals surface area contributed by atoms with Crippen molar-refractivity contribution in [3.8, 4) is 0 Å². The second-order valence-corrected chi connectivity index (χ2v) is 6.50. The van der Waals surface area contributed by atoms with Crippen molar-refractivity contribution in [1.82, 2.24) is 0 Å². The molecule has 0 bridgehead atoms. The second kappa shape index (κ2) is 5.74. The highest BCUT2D eigenvalue weighted by Gasteiger charge is 1.95. The average Bonchev–Trinajstić information content (AvgIpc) is 1.86. The van der Waals surface area contributed by atoms with Crippen molar-refractivity contribution >= 4 is 29.9 Å². The molecular weight excluding hydrogens is 228 g/mol. The predicted molar refractivity (Wildman–Crippen MR) is 47.4 cm³/mol. The third kappa shape index (κ3) is 22.5. The first kappa shape index (κ1) is 14.7. The lowest BCUT2D eigenvalue weighted by Crippen LogP contribution is -1.97. The number of halogens is 1. The molecule has 1 N–H and O–H groups in total. The van der Waals surface area contributed by atoms with Crippen LogP contribution in [0.3, 0.4) is 0 Å². The van der Waals surface area contributed by atoms with Crippen molar-refractivity contribution in [2.75, 3.05) is 11.5 Å². The van der Waals surface area contributed by atoms with Crippen LogP contribution >= 0.6 is 10.7 Å². The van der Waals surface area contributed by atoms with Crippen molar-refractivity contribution < 1.29 is 21.4 Å². The Bertz CT molecular complexity index is 257. The van der Waals surface area contributed by atoms with Crippen LogP contribution in [-0.4, -0.2) is 32.9 Å². The number of rotatable bonds is 2. The zero-order chi connectivity index (χ0) is 10.4. The minimum Gasteiger partial charge on any atom is -0.286 e. The van der Waals surface area contributed by atoms with Crippen LogP contribution in [0.5, 0.6) is 0 Å². The van der Waals surface area contributed by atoms with Gasteiger partial charge in [-0.25, -0.2) is 8.42 Å². The molecule has 0 aliphatic carbocycles. The smallest absolute Gasteiger partial charge is 0.264 e. The third-order valence-corrected chi connectivity index (χ3v) is 2.78. The lowest BCUT2D eigenvalue weighted by Gasteiger charge is -1.79. The van der Waals surface area contributed by atoms with Gasteiger partial charge in [0.25, 0.3) is 10.1 Å². The molecule has 0 saturated heterocycles. The molecule has 0 atom stereocenters. The number of hydrogen-bond acceptors (Lipinski definition) is 4. The molecule has 0 amide bonds. The van der Waals surface area contributed by atoms with Crippen LogP contribution in [0.2, 0.25) is 0 Å². The van der Waals surface area contributed by atoms with Crippen LogP contribution in [0.1, 0.15) is 13.8 Å². The van der Waals surface area contributed by atoms with Gasteiger partial charge in [0.15, 0.2) is 0 Å². The summed E-state index contributed by atoms with van der Waals surface area (Å²) in [4.78, 5) is 0. The van der Waals surface area contributed by atoms with Crippen LogP contribution in [0.25, 0.3) is 0 Å². The Morgan fingerprint density at radius 1 is 1.08 bits per heavy atom. The van der Waals surface area contributed by atoms with Crippen molar-refractivity contribution in [2.24, 2.45) is 0 Å². The Labute approximate surface area is 76.9 Å². The van der Waals surface area contributed by atoms with E-state index in [1.807, 2.05) is 0 Å². The van der Waals surface area contributed by atoms with Gasteiger partial charge in [-0.15, -0.1) is 0 Å². The van der Waals surface area contributed by atoms with Crippen LogP contribution in [0.4, 0.5) is 0 Å². The highest BCUT2D eigenvalue weighted by atomic mass is 35.7. The van der Waals surface area contributed by atoms with Crippen molar-refractivity contribution in [3.05, 3.63) is 0 Å². The molecule has 76 valence electrons. The average molecular weight is 239 g/mol. The van der Waals surface area contributed by atoms with Gasteiger partial charge < -0.3 is 0 Å². The second-order valence-electron chi connectivity index (χ2n) is 1.70. The third-order valence-electron chi connectivity index (χ3n) is 0.710. The van der Waals surface area contributed by atoms with E-state index in [0.717, 1.165) is 0 Å². The zero-order valence-corrected chi connectivity index (χ0v) is 9.08. The minimum atomic E-state index is -3.66. The number of hydrogen-bond donors (Lipinski definition) is 1. The maximum Gasteiger partial charge on any atom is 0.264 e. The summed E-state index contributed by atoms with van der Waals surface area (Å²) in [5.74, 6) is -0.193. The molecule has 0 aromatic rings. The van der Waals surface area contributed by atoms with Crippen LogP contribution in [0, 0.1) is 0 Å². The van der Waals surface area contributed by atoms with E-state index < -0.39 is 19.2 Å². The molecule has 0 unspecified atom stereocenters. The van der Waals surface area contributed by atoms with E-state index in [0.29, 0.717) is 0 Å². The first-order valence-electron chi connectivity index (χ1n) is 3.00. The Morgan fingerprint density at radius 2 is 1.25 bits per heavy atom. The molecule has 0 aromatic heterocycles. The normalized spacial score (nSPS) is 11.7. The van der Waals surface area contributed by atoms with E-state index in [9.17, 15) is 16.8 Å². The summed E-state index contributed by atoms with van der Waals surface area (Å²) in [6, 6.07) is 0. The molecule has 0 rings (SSSR count). The summed E-state index contributed by atoms with van der Waals surface area (Å²) in [6.45, 7) is 2.86. The van der Waals surface area contributed by atoms with Gasteiger partial charge in [-0.05, 0) is 6.92 Å². The molecule has 0 aromatic carbocycles. The topological polar surface area (TPSA) is 88.5 Å². The molecule has 5 nitrogen and oxygen atoms in total. The summed E-state index contributed by atoms with van der Waals surface area (Å²) >= 11 is 0. The van der Waals surface area contributed by atoms with Gasteiger partial charge in [0.1, 0.15) is 0 Å². The van der Waals surface area contributed by atoms with E-state index in [-0.39, 0.29) is 11.5 Å². The summed E-state index contributed by atoms with van der Waals surface area (Å²) < 4.78 is 46.4. The van der Waals surface area contributed by atoms with Gasteiger partial charge >= 0.3 is 0 Å². The van der Waals surface area contributed by atoms with Gasteiger partial charge in [0.2, 0.25) is 9.05 Å². The molecule has 0 saturated carbocycles. The Balaban J connectivity index is 0. The van der Waals surface area contributed by atoms with Crippen molar-refractivity contribution in [2.45, 2.75) is 13.8 Å². The monoisotopic (exact) mass is 238 g/mol. The molecule has 0 spiro atoms. The fraction of sp³-hybridized carbons (Fsp3) is 1.00. The van der Waals surface area contributed by atoms with Gasteiger partial charge in [-0.1, -0.05) is 6.92 Å².